The molecule has 0 aliphatic carbocycles. The van der Waals surface area contributed by atoms with Gasteiger partial charge in [0.15, 0.2) is 0 Å². The molecule has 1 rings (SSSR count). The lowest BCUT2D eigenvalue weighted by molar-refractivity contribution is -0.900. The van der Waals surface area contributed by atoms with E-state index >= 15 is 0 Å². The maximum absolute atomic E-state index is 10.5. The Hall–Kier alpha value is -1.81. The number of hydrogen-bond donors (Lipinski definition) is 1. The van der Waals surface area contributed by atoms with Gasteiger partial charge in [0, 0.05) is 5.56 Å². The summed E-state index contributed by atoms with van der Waals surface area (Å²) in [6.07, 6.45) is 4.86. The summed E-state index contributed by atoms with van der Waals surface area (Å²) in [6.45, 7) is 8.28. The number of carbonyl (C=O) groups is 1. The molecule has 0 aliphatic rings. The number of para-hydroxylation sites is 1. The van der Waals surface area contributed by atoms with Crippen molar-refractivity contribution < 1.29 is 19.5 Å². The van der Waals surface area contributed by atoms with E-state index in [4.69, 9.17) is 4.74 Å². The fourth-order valence-electron chi connectivity index (χ4n) is 2.29. The lowest BCUT2D eigenvalue weighted by Gasteiger charge is -2.18. The van der Waals surface area contributed by atoms with E-state index in [-0.39, 0.29) is 0 Å². The normalized spacial score (nSPS) is 11.2. The molecule has 116 valence electrons. The quantitative estimate of drug-likeness (QED) is 0.640. The number of aliphatic carboxylic acids is 1. The van der Waals surface area contributed by atoms with Crippen molar-refractivity contribution in [3.8, 4) is 5.75 Å². The molecule has 0 amide bonds. The van der Waals surface area contributed by atoms with E-state index in [1.165, 1.54) is 18.9 Å². The van der Waals surface area contributed by atoms with Crippen LogP contribution in [0.25, 0.3) is 6.08 Å². The van der Waals surface area contributed by atoms with Crippen molar-refractivity contribution in [1.82, 2.24) is 0 Å². The minimum atomic E-state index is -1.20. The van der Waals surface area contributed by atoms with E-state index in [1.54, 1.807) is 4.90 Å². The average Bonchev–Trinajstić information content (AvgIpc) is 2.46. The highest BCUT2D eigenvalue weighted by Gasteiger charge is 2.07. The van der Waals surface area contributed by atoms with Crippen LogP contribution in [0.15, 0.2) is 30.3 Å². The fourth-order valence-corrected chi connectivity index (χ4v) is 2.29. The third-order valence-corrected chi connectivity index (χ3v) is 3.24. The molecule has 0 unspecified atom stereocenters. The van der Waals surface area contributed by atoms with Gasteiger partial charge in [0.2, 0.25) is 0 Å². The van der Waals surface area contributed by atoms with Crippen LogP contribution < -0.4 is 14.7 Å². The van der Waals surface area contributed by atoms with Gasteiger partial charge in [-0.15, -0.1) is 0 Å². The lowest BCUT2D eigenvalue weighted by atomic mass is 10.2. The van der Waals surface area contributed by atoms with Gasteiger partial charge in [-0.05, 0) is 31.1 Å². The second kappa shape index (κ2) is 10.00. The fraction of sp³-hybridized carbons (Fsp3) is 0.471. The topological polar surface area (TPSA) is 53.8 Å². The Morgan fingerprint density at radius 1 is 1.19 bits per heavy atom. The zero-order chi connectivity index (χ0) is 15.5. The van der Waals surface area contributed by atoms with Gasteiger partial charge < -0.3 is 19.5 Å². The summed E-state index contributed by atoms with van der Waals surface area (Å²) < 4.78 is 5.81. The summed E-state index contributed by atoms with van der Waals surface area (Å²) >= 11 is 0. The van der Waals surface area contributed by atoms with E-state index < -0.39 is 5.97 Å². The minimum absolute atomic E-state index is 0.630. The molecule has 0 saturated carbocycles. The van der Waals surface area contributed by atoms with Crippen LogP contribution in [0.1, 0.15) is 32.3 Å². The lowest BCUT2D eigenvalue weighted by Crippen LogP contribution is -3.12. The summed E-state index contributed by atoms with van der Waals surface area (Å²) in [6, 6.07) is 7.42. The van der Waals surface area contributed by atoms with Gasteiger partial charge in [-0.1, -0.05) is 32.0 Å². The number of quaternary nitrogens is 1. The molecule has 21 heavy (non-hydrogen) atoms. The Bertz CT molecular complexity index is 451. The van der Waals surface area contributed by atoms with E-state index in [0.717, 1.165) is 31.3 Å². The molecule has 0 radical (unpaired) electrons. The Labute approximate surface area is 127 Å². The van der Waals surface area contributed by atoms with Crippen molar-refractivity contribution in [2.75, 3.05) is 26.2 Å². The van der Waals surface area contributed by atoms with Gasteiger partial charge >= 0.3 is 0 Å². The van der Waals surface area contributed by atoms with Crippen molar-refractivity contribution >= 4 is 12.0 Å². The standard InChI is InChI=1S/C17H25NO3/c1-3-11-18(12-4-2)13-14-21-16-8-6-5-7-15(16)9-10-17(19)20/h5-10H,3-4,11-14H2,1-2H3,(H,19,20)/b10-9+. The molecule has 0 aromatic heterocycles. The first-order valence-electron chi connectivity index (χ1n) is 7.61. The van der Waals surface area contributed by atoms with Crippen molar-refractivity contribution in [2.24, 2.45) is 0 Å². The summed E-state index contributed by atoms with van der Waals surface area (Å²) in [5, 5.41) is 10.5. The van der Waals surface area contributed by atoms with Crippen molar-refractivity contribution in [3.05, 3.63) is 35.9 Å². The van der Waals surface area contributed by atoms with Crippen LogP contribution in [0.5, 0.6) is 5.75 Å². The Balaban J connectivity index is 2.56. The first-order valence-corrected chi connectivity index (χ1v) is 7.61. The summed E-state index contributed by atoms with van der Waals surface area (Å²) in [5.74, 6) is -0.492. The average molecular weight is 291 g/mol. The van der Waals surface area contributed by atoms with Crippen LogP contribution in [0.3, 0.4) is 0 Å². The largest absolute Gasteiger partial charge is 0.545 e. The number of nitrogens with one attached hydrogen (secondary N) is 1. The first-order chi connectivity index (χ1) is 10.2. The number of hydrogen-bond acceptors (Lipinski definition) is 3. The van der Waals surface area contributed by atoms with E-state index in [1.807, 2.05) is 24.3 Å². The number of carboxylic acids is 1. The molecule has 0 spiro atoms. The van der Waals surface area contributed by atoms with Crippen molar-refractivity contribution in [1.29, 1.82) is 0 Å². The third kappa shape index (κ3) is 6.95. The van der Waals surface area contributed by atoms with Gasteiger partial charge in [0.25, 0.3) is 0 Å². The zero-order valence-electron chi connectivity index (χ0n) is 12.9. The van der Waals surface area contributed by atoms with Crippen molar-refractivity contribution in [3.63, 3.8) is 0 Å². The maximum atomic E-state index is 10.5. The van der Waals surface area contributed by atoms with Crippen molar-refractivity contribution in [2.45, 2.75) is 26.7 Å². The second-order valence-corrected chi connectivity index (χ2v) is 5.04. The van der Waals surface area contributed by atoms with Gasteiger partial charge in [-0.3, -0.25) is 0 Å². The Morgan fingerprint density at radius 3 is 2.48 bits per heavy atom. The molecule has 0 bridgehead atoms. The third-order valence-electron chi connectivity index (χ3n) is 3.24. The number of carbonyl (C=O) groups excluding carboxylic acids is 1. The molecule has 4 heteroatoms. The number of ether oxygens (including phenoxy) is 1. The summed E-state index contributed by atoms with van der Waals surface area (Å²) in [7, 11) is 0. The Morgan fingerprint density at radius 2 is 1.86 bits per heavy atom. The summed E-state index contributed by atoms with van der Waals surface area (Å²) in [4.78, 5) is 12.0. The highest BCUT2D eigenvalue weighted by Crippen LogP contribution is 2.18. The van der Waals surface area contributed by atoms with Gasteiger partial charge in [0.1, 0.15) is 18.9 Å². The summed E-state index contributed by atoms with van der Waals surface area (Å²) in [5.41, 5.74) is 0.759. The molecular formula is C17H25NO3. The van der Waals surface area contributed by atoms with Crippen LogP contribution in [0.4, 0.5) is 0 Å². The van der Waals surface area contributed by atoms with E-state index in [9.17, 15) is 9.90 Å². The smallest absolute Gasteiger partial charge is 0.137 e. The van der Waals surface area contributed by atoms with Crippen LogP contribution in [-0.2, 0) is 4.79 Å². The number of benzene rings is 1. The molecular weight excluding hydrogens is 266 g/mol. The van der Waals surface area contributed by atoms with Gasteiger partial charge in [0.05, 0.1) is 19.1 Å². The maximum Gasteiger partial charge on any atom is 0.137 e. The number of carboxylic acid groups (broad SMARTS) is 1. The highest BCUT2D eigenvalue weighted by atomic mass is 16.5. The molecule has 0 atom stereocenters. The minimum Gasteiger partial charge on any atom is -0.545 e. The van der Waals surface area contributed by atoms with Gasteiger partial charge in [-0.2, -0.15) is 0 Å². The van der Waals surface area contributed by atoms with Crippen LogP contribution >= 0.6 is 0 Å². The monoisotopic (exact) mass is 291 g/mol. The molecule has 1 N–H and O–H groups in total. The second-order valence-electron chi connectivity index (χ2n) is 5.04. The Kier molecular flexibility index (Phi) is 8.21. The molecule has 0 heterocycles. The molecule has 1 aromatic rings. The molecule has 4 nitrogen and oxygen atoms in total. The van der Waals surface area contributed by atoms with Crippen LogP contribution in [0, 0.1) is 0 Å². The first kappa shape index (κ1) is 17.2. The predicted octanol–water partition coefficient (Wildman–Crippen LogP) is 0.533. The SMILES string of the molecule is CCC[NH+](CCC)CCOc1ccccc1/C=C/C(=O)[O-]. The van der Waals surface area contributed by atoms with E-state index in [2.05, 4.69) is 13.8 Å². The number of rotatable bonds is 10. The highest BCUT2D eigenvalue weighted by molar-refractivity contribution is 5.84. The van der Waals surface area contributed by atoms with E-state index in [0.29, 0.717) is 12.4 Å². The predicted molar refractivity (Wildman–Crippen MR) is 82.1 cm³/mol. The molecule has 0 fully saturated rings. The molecule has 0 aliphatic heterocycles. The van der Waals surface area contributed by atoms with Crippen LogP contribution in [0.2, 0.25) is 0 Å². The zero-order valence-corrected chi connectivity index (χ0v) is 12.9. The molecule has 0 saturated heterocycles. The molecule has 1 aromatic carbocycles. The van der Waals surface area contributed by atoms with Crippen LogP contribution in [-0.4, -0.2) is 32.2 Å². The van der Waals surface area contributed by atoms with Gasteiger partial charge in [-0.25, -0.2) is 0 Å².